The first-order valence-electron chi connectivity index (χ1n) is 12.4. The number of carbonyl (C=O) groups is 3. The second-order valence-corrected chi connectivity index (χ2v) is 9.84. The van der Waals surface area contributed by atoms with E-state index in [0.717, 1.165) is 38.5 Å². The average Bonchev–Trinajstić information content (AvgIpc) is 3.45. The summed E-state index contributed by atoms with van der Waals surface area (Å²) in [6, 6.07) is 7.20. The van der Waals surface area contributed by atoms with Crippen LogP contribution in [0.3, 0.4) is 0 Å². The Morgan fingerprint density at radius 2 is 1.82 bits per heavy atom. The van der Waals surface area contributed by atoms with Gasteiger partial charge in [-0.2, -0.15) is 0 Å². The van der Waals surface area contributed by atoms with Crippen molar-refractivity contribution in [3.05, 3.63) is 29.8 Å². The molecule has 2 aliphatic heterocycles. The number of aliphatic hydroxyl groups excluding tert-OH is 1. The SMILES string of the molecule is CC[C@@H](O)C1CCN(C(=O)C[C@@]2(c3ccccc3OC)CC(=O)N(C3CCCC3)C2=O)CC1. The van der Waals surface area contributed by atoms with Crippen molar-refractivity contribution >= 4 is 17.7 Å². The van der Waals surface area contributed by atoms with Crippen molar-refractivity contribution in [2.75, 3.05) is 20.2 Å². The molecule has 1 saturated carbocycles. The van der Waals surface area contributed by atoms with Gasteiger partial charge in [0.2, 0.25) is 17.7 Å². The molecule has 1 N–H and O–H groups in total. The lowest BCUT2D eigenvalue weighted by Crippen LogP contribution is -2.47. The maximum atomic E-state index is 13.9. The summed E-state index contributed by atoms with van der Waals surface area (Å²) in [5, 5.41) is 10.2. The van der Waals surface area contributed by atoms with Crippen molar-refractivity contribution in [3.8, 4) is 5.75 Å². The molecule has 2 atom stereocenters. The molecular formula is C26H36N2O5. The lowest BCUT2D eigenvalue weighted by Gasteiger charge is -2.36. The highest BCUT2D eigenvalue weighted by atomic mass is 16.5. The van der Waals surface area contributed by atoms with Crippen molar-refractivity contribution in [3.63, 3.8) is 0 Å². The van der Waals surface area contributed by atoms with Crippen LogP contribution in [0.15, 0.2) is 24.3 Å². The topological polar surface area (TPSA) is 87.2 Å². The van der Waals surface area contributed by atoms with Gasteiger partial charge in [-0.15, -0.1) is 0 Å². The molecule has 3 amide bonds. The van der Waals surface area contributed by atoms with Gasteiger partial charge in [0.25, 0.3) is 0 Å². The van der Waals surface area contributed by atoms with E-state index in [2.05, 4.69) is 0 Å². The number of amides is 3. The third kappa shape index (κ3) is 4.39. The van der Waals surface area contributed by atoms with Gasteiger partial charge in [-0.05, 0) is 44.1 Å². The number of rotatable bonds is 7. The molecule has 0 radical (unpaired) electrons. The van der Waals surface area contributed by atoms with Crippen LogP contribution in [0.4, 0.5) is 0 Å². The minimum atomic E-state index is -1.23. The molecule has 0 spiro atoms. The van der Waals surface area contributed by atoms with Crippen molar-refractivity contribution in [2.45, 2.75) is 82.3 Å². The number of para-hydroxylation sites is 1. The number of piperidine rings is 1. The number of imide groups is 1. The van der Waals surface area contributed by atoms with Gasteiger partial charge < -0.3 is 14.7 Å². The number of aliphatic hydroxyl groups is 1. The highest BCUT2D eigenvalue weighted by Gasteiger charge is 2.57. The Balaban J connectivity index is 1.62. The summed E-state index contributed by atoms with van der Waals surface area (Å²) in [6.45, 7) is 3.10. The maximum absolute atomic E-state index is 13.9. The van der Waals surface area contributed by atoms with Crippen LogP contribution in [0.1, 0.15) is 70.3 Å². The maximum Gasteiger partial charge on any atom is 0.241 e. The van der Waals surface area contributed by atoms with Gasteiger partial charge >= 0.3 is 0 Å². The monoisotopic (exact) mass is 456 g/mol. The molecule has 1 aromatic rings. The third-order valence-electron chi connectivity index (χ3n) is 7.97. The normalized spacial score (nSPS) is 25.7. The predicted octanol–water partition coefficient (Wildman–Crippen LogP) is 3.03. The van der Waals surface area contributed by atoms with Crippen molar-refractivity contribution in [1.29, 1.82) is 0 Å². The predicted molar refractivity (Wildman–Crippen MR) is 124 cm³/mol. The van der Waals surface area contributed by atoms with Gasteiger partial charge in [0.1, 0.15) is 5.75 Å². The van der Waals surface area contributed by atoms with Gasteiger partial charge in [-0.1, -0.05) is 38.0 Å². The Hall–Kier alpha value is -2.41. The Morgan fingerprint density at radius 1 is 1.15 bits per heavy atom. The lowest BCUT2D eigenvalue weighted by molar-refractivity contribution is -0.145. The van der Waals surface area contributed by atoms with Crippen molar-refractivity contribution in [2.24, 2.45) is 5.92 Å². The largest absolute Gasteiger partial charge is 0.496 e. The first kappa shape index (κ1) is 23.7. The number of ether oxygens (including phenoxy) is 1. The molecule has 2 saturated heterocycles. The molecule has 0 aromatic heterocycles. The Kier molecular flexibility index (Phi) is 7.07. The summed E-state index contributed by atoms with van der Waals surface area (Å²) in [4.78, 5) is 43.9. The first-order valence-corrected chi connectivity index (χ1v) is 12.4. The molecular weight excluding hydrogens is 420 g/mol. The molecule has 0 unspecified atom stereocenters. The van der Waals surface area contributed by atoms with E-state index >= 15 is 0 Å². The number of nitrogens with zero attached hydrogens (tertiary/aromatic N) is 2. The zero-order chi connectivity index (χ0) is 23.6. The molecule has 3 aliphatic rings. The minimum absolute atomic E-state index is 0.000535. The summed E-state index contributed by atoms with van der Waals surface area (Å²) < 4.78 is 5.57. The summed E-state index contributed by atoms with van der Waals surface area (Å²) in [6.07, 6.45) is 5.54. The van der Waals surface area contributed by atoms with Gasteiger partial charge in [-0.25, -0.2) is 0 Å². The third-order valence-corrected chi connectivity index (χ3v) is 7.97. The standard InChI is InChI=1S/C26H36N2O5/c1-3-21(29)18-12-14-27(15-13-18)23(30)16-26(20-10-6-7-11-22(20)33-2)17-24(31)28(25(26)32)19-8-4-5-9-19/h6-7,10-11,18-19,21,29H,3-5,8-9,12-17H2,1-2H3/t21-,26+/m1/s1. The summed E-state index contributed by atoms with van der Waals surface area (Å²) in [5.74, 6) is 0.183. The summed E-state index contributed by atoms with van der Waals surface area (Å²) >= 11 is 0. The molecule has 1 aromatic carbocycles. The smallest absolute Gasteiger partial charge is 0.241 e. The Bertz CT molecular complexity index is 888. The quantitative estimate of drug-likeness (QED) is 0.638. The van der Waals surface area contributed by atoms with Crippen LogP contribution in [0, 0.1) is 5.92 Å². The van der Waals surface area contributed by atoms with E-state index in [4.69, 9.17) is 4.74 Å². The summed E-state index contributed by atoms with van der Waals surface area (Å²) in [5.41, 5.74) is -0.612. The highest BCUT2D eigenvalue weighted by molar-refractivity contribution is 6.11. The van der Waals surface area contributed by atoms with Gasteiger partial charge in [0.15, 0.2) is 0 Å². The van der Waals surface area contributed by atoms with Gasteiger partial charge in [0.05, 0.1) is 18.6 Å². The molecule has 7 heteroatoms. The summed E-state index contributed by atoms with van der Waals surface area (Å²) in [7, 11) is 1.55. The number of hydrogen-bond acceptors (Lipinski definition) is 5. The Labute approximate surface area is 196 Å². The average molecular weight is 457 g/mol. The van der Waals surface area contributed by atoms with E-state index in [1.54, 1.807) is 18.1 Å². The second-order valence-electron chi connectivity index (χ2n) is 9.84. The van der Waals surface area contributed by atoms with E-state index in [-0.39, 0.29) is 48.6 Å². The van der Waals surface area contributed by atoms with Crippen LogP contribution in [0.2, 0.25) is 0 Å². The lowest BCUT2D eigenvalue weighted by atomic mass is 9.75. The van der Waals surface area contributed by atoms with Crippen LogP contribution in [-0.4, -0.2) is 65.0 Å². The molecule has 2 heterocycles. The minimum Gasteiger partial charge on any atom is -0.496 e. The van der Waals surface area contributed by atoms with Crippen LogP contribution in [-0.2, 0) is 19.8 Å². The first-order chi connectivity index (χ1) is 15.9. The number of benzene rings is 1. The molecule has 180 valence electrons. The molecule has 0 bridgehead atoms. The van der Waals surface area contributed by atoms with E-state index in [0.29, 0.717) is 30.8 Å². The fourth-order valence-electron chi connectivity index (χ4n) is 6.02. The number of likely N-dealkylation sites (tertiary alicyclic amines) is 2. The molecule has 33 heavy (non-hydrogen) atoms. The zero-order valence-corrected chi connectivity index (χ0v) is 19.8. The van der Waals surface area contributed by atoms with Gasteiger partial charge in [0, 0.05) is 37.5 Å². The number of methoxy groups -OCH3 is 1. The fourth-order valence-corrected chi connectivity index (χ4v) is 6.02. The molecule has 1 aliphatic carbocycles. The molecule has 7 nitrogen and oxygen atoms in total. The van der Waals surface area contributed by atoms with Crippen molar-refractivity contribution < 1.29 is 24.2 Å². The Morgan fingerprint density at radius 3 is 2.45 bits per heavy atom. The van der Waals surface area contributed by atoms with E-state index < -0.39 is 5.41 Å². The number of hydrogen-bond donors (Lipinski definition) is 1. The molecule has 4 rings (SSSR count). The van der Waals surface area contributed by atoms with E-state index in [1.807, 2.05) is 25.1 Å². The second kappa shape index (κ2) is 9.84. The van der Waals surface area contributed by atoms with Gasteiger partial charge in [-0.3, -0.25) is 19.3 Å². The van der Waals surface area contributed by atoms with Crippen LogP contribution in [0.25, 0.3) is 0 Å². The highest BCUT2D eigenvalue weighted by Crippen LogP contribution is 2.46. The van der Waals surface area contributed by atoms with Crippen LogP contribution < -0.4 is 4.74 Å². The van der Waals surface area contributed by atoms with Crippen LogP contribution >= 0.6 is 0 Å². The van der Waals surface area contributed by atoms with E-state index in [1.165, 1.54) is 4.90 Å². The van der Waals surface area contributed by atoms with E-state index in [9.17, 15) is 19.5 Å². The van der Waals surface area contributed by atoms with Crippen LogP contribution in [0.5, 0.6) is 5.75 Å². The van der Waals surface area contributed by atoms with Crippen molar-refractivity contribution in [1.82, 2.24) is 9.80 Å². The molecule has 3 fully saturated rings. The fraction of sp³-hybridized carbons (Fsp3) is 0.654. The number of carbonyl (C=O) groups excluding carboxylic acids is 3. The zero-order valence-electron chi connectivity index (χ0n) is 19.8.